The fourth-order valence-electron chi connectivity index (χ4n) is 3.04. The lowest BCUT2D eigenvalue weighted by molar-refractivity contribution is 0.300. The Hall–Kier alpha value is -1.63. The molecule has 0 radical (unpaired) electrons. The van der Waals surface area contributed by atoms with Crippen molar-refractivity contribution in [1.29, 1.82) is 0 Å². The molecule has 0 aliphatic carbocycles. The van der Waals surface area contributed by atoms with Gasteiger partial charge in [0.1, 0.15) is 0 Å². The van der Waals surface area contributed by atoms with E-state index in [2.05, 4.69) is 47.5 Å². The molecule has 2 aromatic rings. The van der Waals surface area contributed by atoms with Crippen LogP contribution in [0.15, 0.2) is 24.3 Å². The van der Waals surface area contributed by atoms with Crippen LogP contribution in [-0.2, 0) is 6.54 Å². The summed E-state index contributed by atoms with van der Waals surface area (Å²) in [6.45, 7) is 13.2. The monoisotopic (exact) mass is 407 g/mol. The number of hydrogen-bond donors (Lipinski definition) is 2. The number of hydrogen-bond acceptors (Lipinski definition) is 3. The van der Waals surface area contributed by atoms with Crippen LogP contribution in [0.2, 0.25) is 5.02 Å². The lowest BCUT2D eigenvalue weighted by atomic mass is 10.2. The van der Waals surface area contributed by atoms with Gasteiger partial charge in [-0.1, -0.05) is 37.6 Å². The number of benzene rings is 1. The first-order chi connectivity index (χ1) is 12.9. The summed E-state index contributed by atoms with van der Waals surface area (Å²) in [6.07, 6.45) is 1.06. The topological polar surface area (TPSA) is 45.1 Å². The van der Waals surface area contributed by atoms with Gasteiger partial charge in [0.15, 0.2) is 5.11 Å². The average molecular weight is 408 g/mol. The Morgan fingerprint density at radius 3 is 2.67 bits per heavy atom. The highest BCUT2D eigenvalue weighted by Gasteiger charge is 2.13. The molecule has 0 spiro atoms. The van der Waals surface area contributed by atoms with Gasteiger partial charge < -0.3 is 15.5 Å². The van der Waals surface area contributed by atoms with Crippen molar-refractivity contribution in [2.45, 2.75) is 40.7 Å². The molecule has 1 aromatic carbocycles. The number of halogens is 1. The largest absolute Gasteiger partial charge is 0.362 e. The summed E-state index contributed by atoms with van der Waals surface area (Å²) in [7, 11) is 0. The minimum absolute atomic E-state index is 0.642. The molecule has 0 unspecified atom stereocenters. The molecule has 0 bridgehead atoms. The van der Waals surface area contributed by atoms with E-state index in [-0.39, 0.29) is 0 Å². The predicted molar refractivity (Wildman–Crippen MR) is 119 cm³/mol. The summed E-state index contributed by atoms with van der Waals surface area (Å²) in [4.78, 5) is 2.41. The summed E-state index contributed by atoms with van der Waals surface area (Å²) in [5.74, 6) is 0. The molecule has 2 N–H and O–H groups in total. The summed E-state index contributed by atoms with van der Waals surface area (Å²) in [5.41, 5.74) is 4.08. The van der Waals surface area contributed by atoms with Gasteiger partial charge in [-0.25, -0.2) is 0 Å². The molecule has 7 heteroatoms. The first-order valence-electron chi connectivity index (χ1n) is 9.50. The zero-order valence-electron chi connectivity index (χ0n) is 16.7. The quantitative estimate of drug-likeness (QED) is 0.481. The van der Waals surface area contributed by atoms with E-state index in [0.717, 1.165) is 60.3 Å². The van der Waals surface area contributed by atoms with Crippen LogP contribution >= 0.6 is 23.8 Å². The second-order valence-corrected chi connectivity index (χ2v) is 7.44. The molecule has 2 rings (SSSR count). The van der Waals surface area contributed by atoms with Crippen molar-refractivity contribution in [2.75, 3.05) is 31.5 Å². The fourth-order valence-corrected chi connectivity index (χ4v) is 3.46. The van der Waals surface area contributed by atoms with Gasteiger partial charge in [0.2, 0.25) is 0 Å². The smallest absolute Gasteiger partial charge is 0.170 e. The molecule has 27 heavy (non-hydrogen) atoms. The number of aryl methyl sites for hydroxylation is 1. The second-order valence-electron chi connectivity index (χ2n) is 6.59. The van der Waals surface area contributed by atoms with E-state index in [1.54, 1.807) is 0 Å². The number of aromatic nitrogens is 2. The van der Waals surface area contributed by atoms with Gasteiger partial charge in [-0.2, -0.15) is 5.10 Å². The highest BCUT2D eigenvalue weighted by Crippen LogP contribution is 2.21. The van der Waals surface area contributed by atoms with Gasteiger partial charge in [0.25, 0.3) is 0 Å². The maximum Gasteiger partial charge on any atom is 0.170 e. The van der Waals surface area contributed by atoms with Gasteiger partial charge in [-0.3, -0.25) is 4.68 Å². The molecular weight excluding hydrogens is 378 g/mol. The number of anilines is 1. The number of thiocarbonyl (C=S) groups is 1. The van der Waals surface area contributed by atoms with Gasteiger partial charge >= 0.3 is 0 Å². The van der Waals surface area contributed by atoms with Crippen molar-refractivity contribution in [2.24, 2.45) is 0 Å². The van der Waals surface area contributed by atoms with Crippen molar-refractivity contribution >= 4 is 34.6 Å². The number of nitrogens with zero attached hydrogens (tertiary/aromatic N) is 3. The third-order valence-electron chi connectivity index (χ3n) is 4.67. The SMILES string of the molecule is CCN(CC)CCCNC(=S)Nc1c(C)nn(Cc2cccc(Cl)c2)c1C. The van der Waals surface area contributed by atoms with Crippen molar-refractivity contribution in [1.82, 2.24) is 20.0 Å². The zero-order valence-corrected chi connectivity index (χ0v) is 18.3. The minimum atomic E-state index is 0.642. The van der Waals surface area contributed by atoms with Crippen LogP contribution in [0.3, 0.4) is 0 Å². The highest BCUT2D eigenvalue weighted by atomic mass is 35.5. The molecule has 0 saturated carbocycles. The molecule has 1 aromatic heterocycles. The van der Waals surface area contributed by atoms with E-state index in [1.165, 1.54) is 0 Å². The van der Waals surface area contributed by atoms with E-state index < -0.39 is 0 Å². The minimum Gasteiger partial charge on any atom is -0.362 e. The lowest BCUT2D eigenvalue weighted by Gasteiger charge is -2.18. The fraction of sp³-hybridized carbons (Fsp3) is 0.500. The maximum atomic E-state index is 6.08. The summed E-state index contributed by atoms with van der Waals surface area (Å²) >= 11 is 11.5. The summed E-state index contributed by atoms with van der Waals surface area (Å²) < 4.78 is 1.98. The first kappa shape index (κ1) is 21.7. The summed E-state index contributed by atoms with van der Waals surface area (Å²) in [5, 5.41) is 12.6. The third-order valence-corrected chi connectivity index (χ3v) is 5.15. The lowest BCUT2D eigenvalue weighted by Crippen LogP contribution is -2.32. The molecule has 1 heterocycles. The number of rotatable bonds is 9. The van der Waals surface area contributed by atoms with E-state index in [1.807, 2.05) is 29.8 Å². The number of nitrogens with one attached hydrogen (secondary N) is 2. The third kappa shape index (κ3) is 6.48. The Kier molecular flexibility index (Phi) is 8.54. The molecule has 0 atom stereocenters. The molecule has 0 saturated heterocycles. The maximum absolute atomic E-state index is 6.08. The molecular formula is C20H30ClN5S. The first-order valence-corrected chi connectivity index (χ1v) is 10.3. The molecule has 148 valence electrons. The molecule has 5 nitrogen and oxygen atoms in total. The van der Waals surface area contributed by atoms with Crippen LogP contribution in [0.25, 0.3) is 0 Å². The van der Waals surface area contributed by atoms with E-state index in [9.17, 15) is 0 Å². The summed E-state index contributed by atoms with van der Waals surface area (Å²) in [6, 6.07) is 7.86. The Bertz CT molecular complexity index is 755. The zero-order chi connectivity index (χ0) is 19.8. The standard InChI is InChI=1S/C20H30ClN5S/c1-5-25(6-2)12-8-11-22-20(27)23-19-15(3)24-26(16(19)4)14-17-9-7-10-18(21)13-17/h7,9-10,13H,5-6,8,11-12,14H2,1-4H3,(H2,22,23,27). The Balaban J connectivity index is 1.91. The average Bonchev–Trinajstić information content (AvgIpc) is 2.89. The van der Waals surface area contributed by atoms with Crippen molar-refractivity contribution in [3.8, 4) is 0 Å². The van der Waals surface area contributed by atoms with E-state index in [0.29, 0.717) is 11.7 Å². The predicted octanol–water partition coefficient (Wildman–Crippen LogP) is 4.22. The second kappa shape index (κ2) is 10.6. The van der Waals surface area contributed by atoms with Crippen LogP contribution in [0.1, 0.15) is 37.2 Å². The van der Waals surface area contributed by atoms with Crippen LogP contribution in [0.4, 0.5) is 5.69 Å². The van der Waals surface area contributed by atoms with Crippen molar-refractivity contribution in [3.05, 3.63) is 46.2 Å². The van der Waals surface area contributed by atoms with Crippen LogP contribution in [-0.4, -0.2) is 46.0 Å². The normalized spacial score (nSPS) is 11.0. The highest BCUT2D eigenvalue weighted by molar-refractivity contribution is 7.80. The molecule has 0 amide bonds. The molecule has 0 aliphatic rings. The van der Waals surface area contributed by atoms with Crippen LogP contribution < -0.4 is 10.6 Å². The van der Waals surface area contributed by atoms with Gasteiger partial charge in [-0.15, -0.1) is 0 Å². The Labute approximate surface area is 173 Å². The molecule has 0 aliphatic heterocycles. The van der Waals surface area contributed by atoms with Crippen molar-refractivity contribution < 1.29 is 0 Å². The van der Waals surface area contributed by atoms with E-state index >= 15 is 0 Å². The molecule has 0 fully saturated rings. The van der Waals surface area contributed by atoms with Crippen LogP contribution in [0, 0.1) is 13.8 Å². The van der Waals surface area contributed by atoms with Gasteiger partial charge in [0.05, 0.1) is 23.6 Å². The van der Waals surface area contributed by atoms with E-state index in [4.69, 9.17) is 23.8 Å². The van der Waals surface area contributed by atoms with Gasteiger partial charge in [-0.05, 0) is 69.8 Å². The van der Waals surface area contributed by atoms with Crippen LogP contribution in [0.5, 0.6) is 0 Å². The van der Waals surface area contributed by atoms with Gasteiger partial charge in [0, 0.05) is 11.6 Å². The Morgan fingerprint density at radius 1 is 1.26 bits per heavy atom. The van der Waals surface area contributed by atoms with Crippen molar-refractivity contribution in [3.63, 3.8) is 0 Å². The Morgan fingerprint density at radius 2 is 2.00 bits per heavy atom.